The zero-order valence-electron chi connectivity index (χ0n) is 16.4. The second-order valence-electron chi connectivity index (χ2n) is 6.88. The van der Waals surface area contributed by atoms with Crippen molar-refractivity contribution in [2.75, 3.05) is 10.2 Å². The second-order valence-corrected chi connectivity index (χ2v) is 7.88. The number of aromatic carboxylic acids is 1. The fourth-order valence-electron chi connectivity index (χ4n) is 3.43. The fourth-order valence-corrected chi connectivity index (χ4v) is 4.42. The van der Waals surface area contributed by atoms with Gasteiger partial charge in [-0.3, -0.25) is 9.88 Å². The molecule has 0 radical (unpaired) electrons. The van der Waals surface area contributed by atoms with Gasteiger partial charge < -0.3 is 15.2 Å². The minimum atomic E-state index is -1.12. The molecule has 0 atom stereocenters. The Kier molecular flexibility index (Phi) is 4.29. The van der Waals surface area contributed by atoms with Gasteiger partial charge >= 0.3 is 12.0 Å². The summed E-state index contributed by atoms with van der Waals surface area (Å²) in [6.45, 7) is 3.61. The number of hydrogen-bond donors (Lipinski definition) is 2. The van der Waals surface area contributed by atoms with E-state index in [1.54, 1.807) is 43.6 Å². The Morgan fingerprint density at radius 1 is 1.16 bits per heavy atom. The predicted octanol–water partition coefficient (Wildman–Crippen LogP) is 4.88. The van der Waals surface area contributed by atoms with E-state index in [-0.39, 0.29) is 4.88 Å². The number of urea groups is 1. The molecule has 0 aromatic carbocycles. The lowest BCUT2D eigenvalue weighted by atomic mass is 10.1. The summed E-state index contributed by atoms with van der Waals surface area (Å²) in [5.74, 6) is -0.255. The van der Waals surface area contributed by atoms with Crippen LogP contribution in [0.5, 0.6) is 11.6 Å². The molecule has 1 aliphatic heterocycles. The number of nitrogens with zero attached hydrogens (tertiary/aromatic N) is 4. The lowest BCUT2D eigenvalue weighted by molar-refractivity contribution is 0.0703. The largest absolute Gasteiger partial charge is 0.477 e. The third-order valence-electron chi connectivity index (χ3n) is 4.81. The highest BCUT2D eigenvalue weighted by molar-refractivity contribution is 7.21. The van der Waals surface area contributed by atoms with Crippen molar-refractivity contribution in [3.05, 3.63) is 59.0 Å². The van der Waals surface area contributed by atoms with E-state index in [0.29, 0.717) is 44.6 Å². The molecule has 0 unspecified atom stereocenters. The molecule has 0 saturated carbocycles. The number of amides is 2. The molecular weight excluding hydrogens is 418 g/mol. The summed E-state index contributed by atoms with van der Waals surface area (Å²) in [6, 6.07) is 8.10. The van der Waals surface area contributed by atoms with Crippen LogP contribution in [0.15, 0.2) is 42.7 Å². The van der Waals surface area contributed by atoms with Gasteiger partial charge in [-0.2, -0.15) is 0 Å². The Morgan fingerprint density at radius 3 is 2.71 bits per heavy atom. The third kappa shape index (κ3) is 3.13. The molecule has 154 valence electrons. The fraction of sp³-hybridized carbons (Fsp3) is 0.0952. The summed E-state index contributed by atoms with van der Waals surface area (Å²) >= 11 is 1.03. The molecule has 5 heterocycles. The molecule has 0 aliphatic carbocycles. The van der Waals surface area contributed by atoms with Gasteiger partial charge in [-0.15, -0.1) is 11.3 Å². The van der Waals surface area contributed by atoms with Crippen LogP contribution >= 0.6 is 11.3 Å². The Hall–Kier alpha value is -4.05. The Balaban J connectivity index is 1.60. The van der Waals surface area contributed by atoms with Gasteiger partial charge in [0.1, 0.15) is 15.5 Å². The molecule has 0 spiro atoms. The van der Waals surface area contributed by atoms with Crippen LogP contribution in [0.3, 0.4) is 0 Å². The number of aromatic nitrogens is 3. The van der Waals surface area contributed by atoms with Crippen molar-refractivity contribution < 1.29 is 19.4 Å². The monoisotopic (exact) mass is 433 g/mol. The van der Waals surface area contributed by atoms with E-state index in [4.69, 9.17) is 4.74 Å². The van der Waals surface area contributed by atoms with E-state index < -0.39 is 12.0 Å². The van der Waals surface area contributed by atoms with Crippen molar-refractivity contribution in [1.82, 2.24) is 15.0 Å². The van der Waals surface area contributed by atoms with E-state index in [0.717, 1.165) is 17.0 Å². The van der Waals surface area contributed by atoms with E-state index in [1.807, 2.05) is 13.0 Å². The van der Waals surface area contributed by atoms with E-state index in [9.17, 15) is 14.7 Å². The molecule has 9 nitrogen and oxygen atoms in total. The molecule has 0 bridgehead atoms. The lowest BCUT2D eigenvalue weighted by Crippen LogP contribution is -2.35. The molecule has 5 rings (SSSR count). The molecule has 0 saturated heterocycles. The van der Waals surface area contributed by atoms with Crippen molar-refractivity contribution >= 4 is 50.6 Å². The number of hydrogen-bond acceptors (Lipinski definition) is 7. The molecular formula is C21H15N5O4S. The van der Waals surface area contributed by atoms with Gasteiger partial charge in [0.05, 0.1) is 34.3 Å². The number of carboxylic acid groups (broad SMARTS) is 1. The van der Waals surface area contributed by atoms with Crippen LogP contribution < -0.4 is 15.0 Å². The minimum absolute atomic E-state index is 0.0373. The van der Waals surface area contributed by atoms with E-state index in [2.05, 4.69) is 20.3 Å². The highest BCUT2D eigenvalue weighted by Crippen LogP contribution is 2.47. The number of aryl methyl sites for hydroxylation is 2. The number of anilines is 3. The number of ether oxygens (including phenoxy) is 1. The highest BCUT2D eigenvalue weighted by atomic mass is 32.1. The summed E-state index contributed by atoms with van der Waals surface area (Å²) in [5, 5.41) is 13.1. The summed E-state index contributed by atoms with van der Waals surface area (Å²) in [6.07, 6.45) is 3.14. The maximum absolute atomic E-state index is 13.0. The van der Waals surface area contributed by atoms with Gasteiger partial charge in [0.25, 0.3) is 0 Å². The quantitative estimate of drug-likeness (QED) is 0.471. The number of rotatable bonds is 4. The average molecular weight is 433 g/mol. The Labute approximate surface area is 180 Å². The van der Waals surface area contributed by atoms with Crippen LogP contribution in [0.1, 0.15) is 21.1 Å². The number of pyridine rings is 3. The topological polar surface area (TPSA) is 118 Å². The van der Waals surface area contributed by atoms with Crippen LogP contribution in [0, 0.1) is 13.8 Å². The summed E-state index contributed by atoms with van der Waals surface area (Å²) in [4.78, 5) is 39.7. The van der Waals surface area contributed by atoms with Gasteiger partial charge in [0, 0.05) is 18.0 Å². The van der Waals surface area contributed by atoms with Crippen molar-refractivity contribution in [2.24, 2.45) is 0 Å². The molecule has 2 N–H and O–H groups in total. The van der Waals surface area contributed by atoms with Crippen molar-refractivity contribution in [3.8, 4) is 11.6 Å². The normalized spacial score (nSPS) is 12.7. The minimum Gasteiger partial charge on any atom is -0.477 e. The van der Waals surface area contributed by atoms with Gasteiger partial charge in [0.2, 0.25) is 5.88 Å². The molecule has 31 heavy (non-hydrogen) atoms. The summed E-state index contributed by atoms with van der Waals surface area (Å²) in [5.41, 5.74) is 2.64. The first-order chi connectivity index (χ1) is 14.9. The van der Waals surface area contributed by atoms with Gasteiger partial charge in [-0.25, -0.2) is 19.6 Å². The Morgan fingerprint density at radius 2 is 2.00 bits per heavy atom. The van der Waals surface area contributed by atoms with E-state index >= 15 is 0 Å². The number of carbonyl (C=O) groups excluding carboxylic acids is 1. The van der Waals surface area contributed by atoms with Crippen LogP contribution in [0.4, 0.5) is 21.9 Å². The van der Waals surface area contributed by atoms with Crippen LogP contribution in [0.2, 0.25) is 0 Å². The number of carboxylic acids is 1. The predicted molar refractivity (Wildman–Crippen MR) is 116 cm³/mol. The van der Waals surface area contributed by atoms with Crippen molar-refractivity contribution in [3.63, 3.8) is 0 Å². The Bertz CT molecular complexity index is 1370. The first-order valence-corrected chi connectivity index (χ1v) is 10.1. The number of carbonyl (C=O) groups is 2. The molecule has 4 aromatic rings. The second kappa shape index (κ2) is 7.03. The molecule has 4 aromatic heterocycles. The third-order valence-corrected chi connectivity index (χ3v) is 5.88. The number of nitrogens with one attached hydrogen (secondary N) is 1. The molecule has 2 amide bonds. The highest BCUT2D eigenvalue weighted by Gasteiger charge is 2.35. The van der Waals surface area contributed by atoms with E-state index in [1.165, 1.54) is 4.90 Å². The van der Waals surface area contributed by atoms with Crippen LogP contribution in [0.25, 0.3) is 10.2 Å². The first-order valence-electron chi connectivity index (χ1n) is 9.26. The average Bonchev–Trinajstić information content (AvgIpc) is 3.12. The lowest BCUT2D eigenvalue weighted by Gasteiger charge is -2.28. The van der Waals surface area contributed by atoms with Crippen LogP contribution in [-0.4, -0.2) is 32.1 Å². The maximum atomic E-state index is 13.0. The van der Waals surface area contributed by atoms with Gasteiger partial charge in [-0.05, 0) is 38.1 Å². The standard InChI is InChI=1S/C21H15N5O4S/c1-10-3-4-12(9-23-10)30-15-6-5-14(11(2)24-15)26-17-16-13(25-21(26)29)7-8-22-19(16)31-18(17)20(27)28/h3-9H,1-2H3,(H,25,29)(H,27,28). The van der Waals surface area contributed by atoms with Crippen LogP contribution in [-0.2, 0) is 0 Å². The van der Waals surface area contributed by atoms with Gasteiger partial charge in [-0.1, -0.05) is 0 Å². The SMILES string of the molecule is Cc1ccc(Oc2ccc(N3C(=O)Nc4ccnc5sc(C(=O)O)c3c45)c(C)n2)cn1. The summed E-state index contributed by atoms with van der Waals surface area (Å²) < 4.78 is 5.75. The molecule has 1 aliphatic rings. The first kappa shape index (κ1) is 18.9. The molecule has 10 heteroatoms. The van der Waals surface area contributed by atoms with Crippen molar-refractivity contribution in [1.29, 1.82) is 0 Å². The molecule has 0 fully saturated rings. The summed E-state index contributed by atoms with van der Waals surface area (Å²) in [7, 11) is 0. The number of thiophene rings is 1. The van der Waals surface area contributed by atoms with Gasteiger partial charge in [0.15, 0.2) is 0 Å². The zero-order chi connectivity index (χ0) is 21.7. The smallest absolute Gasteiger partial charge is 0.348 e. The zero-order valence-corrected chi connectivity index (χ0v) is 17.2. The van der Waals surface area contributed by atoms with Crippen molar-refractivity contribution in [2.45, 2.75) is 13.8 Å². The maximum Gasteiger partial charge on any atom is 0.348 e.